The number of amides is 1. The van der Waals surface area contributed by atoms with Crippen LogP contribution in [0.2, 0.25) is 5.02 Å². The van der Waals surface area contributed by atoms with E-state index in [-0.39, 0.29) is 39.8 Å². The number of halogens is 2. The number of para-hydroxylation sites is 1. The molecule has 3 aromatic carbocycles. The van der Waals surface area contributed by atoms with Crippen molar-refractivity contribution < 1.29 is 18.7 Å². The Morgan fingerprint density at radius 1 is 1.15 bits per heavy atom. The molecule has 1 amide bonds. The van der Waals surface area contributed by atoms with Gasteiger partial charge >= 0.3 is 0 Å². The van der Waals surface area contributed by atoms with Crippen LogP contribution in [0.3, 0.4) is 0 Å². The number of carbonyl (C=O) groups is 2. The predicted octanol–water partition coefficient (Wildman–Crippen LogP) is 4.48. The zero-order chi connectivity index (χ0) is 23.8. The van der Waals surface area contributed by atoms with Crippen molar-refractivity contribution in [3.05, 3.63) is 87.4 Å². The van der Waals surface area contributed by atoms with Crippen molar-refractivity contribution in [2.24, 2.45) is 0 Å². The Kier molecular flexibility index (Phi) is 5.80. The number of fused-ring (bicyclic) bond motifs is 2. The molecule has 0 fully saturated rings. The van der Waals surface area contributed by atoms with Gasteiger partial charge in [-0.3, -0.25) is 19.0 Å². The van der Waals surface area contributed by atoms with E-state index in [9.17, 15) is 18.8 Å². The van der Waals surface area contributed by atoms with Gasteiger partial charge < -0.3 is 10.1 Å². The maximum atomic E-state index is 13.7. The zero-order valence-electron chi connectivity index (χ0n) is 17.4. The molecule has 0 aliphatic carbocycles. The van der Waals surface area contributed by atoms with Crippen LogP contribution in [0.4, 0.5) is 10.1 Å². The maximum Gasteiger partial charge on any atom is 0.266 e. The predicted molar refractivity (Wildman–Crippen MR) is 128 cm³/mol. The van der Waals surface area contributed by atoms with Crippen LogP contribution in [0, 0.1) is 5.82 Å². The lowest BCUT2D eigenvalue weighted by Crippen LogP contribution is -2.25. The molecular formula is C24H15ClFN3O4S. The molecule has 10 heteroatoms. The molecule has 0 saturated carbocycles. The SMILES string of the molecule is O=C1COc2ccc(C(=O)CSc3nc4ccccc4c(=O)n3-c3ccc(F)c(Cl)c3)cc2N1. The van der Waals surface area contributed by atoms with E-state index in [2.05, 4.69) is 10.3 Å². The van der Waals surface area contributed by atoms with Crippen molar-refractivity contribution in [3.63, 3.8) is 0 Å². The average Bonchev–Trinajstić information content (AvgIpc) is 2.84. The van der Waals surface area contributed by atoms with E-state index < -0.39 is 5.82 Å². The lowest BCUT2D eigenvalue weighted by molar-refractivity contribution is -0.118. The van der Waals surface area contributed by atoms with Gasteiger partial charge in [0.2, 0.25) is 0 Å². The number of ketones is 1. The third-order valence-corrected chi connectivity index (χ3v) is 6.40. The van der Waals surface area contributed by atoms with E-state index >= 15 is 0 Å². The normalized spacial score (nSPS) is 12.7. The van der Waals surface area contributed by atoms with Crippen molar-refractivity contribution >= 4 is 51.6 Å². The molecule has 34 heavy (non-hydrogen) atoms. The number of ether oxygens (including phenoxy) is 1. The summed E-state index contributed by atoms with van der Waals surface area (Å²) >= 11 is 7.02. The van der Waals surface area contributed by atoms with Gasteiger partial charge in [0.1, 0.15) is 11.6 Å². The van der Waals surface area contributed by atoms with E-state index in [1.165, 1.54) is 22.8 Å². The number of Topliss-reactive ketones (excluding diaryl/α,β-unsaturated/α-hetero) is 1. The monoisotopic (exact) mass is 495 g/mol. The van der Waals surface area contributed by atoms with Gasteiger partial charge in [-0.15, -0.1) is 0 Å². The average molecular weight is 496 g/mol. The van der Waals surface area contributed by atoms with Crippen molar-refractivity contribution in [2.45, 2.75) is 5.16 Å². The number of hydrogen-bond donors (Lipinski definition) is 1. The third-order valence-electron chi connectivity index (χ3n) is 5.17. The summed E-state index contributed by atoms with van der Waals surface area (Å²) in [6, 6.07) is 15.6. The summed E-state index contributed by atoms with van der Waals surface area (Å²) in [4.78, 5) is 42.4. The largest absolute Gasteiger partial charge is 0.482 e. The number of anilines is 1. The van der Waals surface area contributed by atoms with Crippen LogP contribution in [0.5, 0.6) is 5.75 Å². The fourth-order valence-electron chi connectivity index (χ4n) is 3.53. The summed E-state index contributed by atoms with van der Waals surface area (Å²) in [6.45, 7) is -0.0747. The highest BCUT2D eigenvalue weighted by molar-refractivity contribution is 7.99. The maximum absolute atomic E-state index is 13.7. The number of benzene rings is 3. The first kappa shape index (κ1) is 22.1. The highest BCUT2D eigenvalue weighted by Gasteiger charge is 2.20. The summed E-state index contributed by atoms with van der Waals surface area (Å²) in [6.07, 6.45) is 0. The molecule has 0 radical (unpaired) electrons. The molecule has 2 heterocycles. The first-order chi connectivity index (χ1) is 16.4. The Morgan fingerprint density at radius 2 is 1.97 bits per heavy atom. The minimum Gasteiger partial charge on any atom is -0.482 e. The Bertz CT molecular complexity index is 1540. The minimum atomic E-state index is -0.611. The summed E-state index contributed by atoms with van der Waals surface area (Å²) in [5.41, 5.74) is 1.24. The fourth-order valence-corrected chi connectivity index (χ4v) is 4.61. The van der Waals surface area contributed by atoms with Gasteiger partial charge in [-0.25, -0.2) is 9.37 Å². The zero-order valence-corrected chi connectivity index (χ0v) is 19.0. The first-order valence-electron chi connectivity index (χ1n) is 10.1. The lowest BCUT2D eigenvalue weighted by Gasteiger charge is -2.18. The van der Waals surface area contributed by atoms with Crippen LogP contribution >= 0.6 is 23.4 Å². The molecule has 0 saturated heterocycles. The molecule has 170 valence electrons. The van der Waals surface area contributed by atoms with Crippen molar-refractivity contribution in [1.29, 1.82) is 0 Å². The summed E-state index contributed by atoms with van der Waals surface area (Å²) in [5, 5.41) is 3.17. The fraction of sp³-hybridized carbons (Fsp3) is 0.0833. The van der Waals surface area contributed by atoms with E-state index in [1.54, 1.807) is 42.5 Å². The van der Waals surface area contributed by atoms with E-state index in [1.807, 2.05) is 0 Å². The van der Waals surface area contributed by atoms with Crippen LogP contribution < -0.4 is 15.6 Å². The summed E-state index contributed by atoms with van der Waals surface area (Å²) < 4.78 is 20.4. The van der Waals surface area contributed by atoms with Crippen LogP contribution in [-0.2, 0) is 4.79 Å². The number of carbonyl (C=O) groups excluding carboxylic acids is 2. The molecule has 0 spiro atoms. The Balaban J connectivity index is 1.50. The van der Waals surface area contributed by atoms with Gasteiger partial charge in [-0.1, -0.05) is 35.5 Å². The number of hydrogen-bond acceptors (Lipinski definition) is 6. The quantitative estimate of drug-likeness (QED) is 0.249. The second kappa shape index (κ2) is 8.92. The van der Waals surface area contributed by atoms with E-state index in [4.69, 9.17) is 16.3 Å². The topological polar surface area (TPSA) is 90.3 Å². The second-order valence-electron chi connectivity index (χ2n) is 7.41. The molecule has 1 aliphatic rings. The standard InChI is InChI=1S/C24H15ClFN3O4S/c25-16-10-14(6-7-17(16)26)29-23(32)15-3-1-2-4-18(15)28-24(29)34-12-20(30)13-5-8-21-19(9-13)27-22(31)11-33-21/h1-10H,11-12H2,(H,27,31). The van der Waals surface area contributed by atoms with E-state index in [0.717, 1.165) is 11.8 Å². The molecular weight excluding hydrogens is 481 g/mol. The van der Waals surface area contributed by atoms with Gasteiger partial charge in [-0.2, -0.15) is 0 Å². The first-order valence-corrected chi connectivity index (χ1v) is 11.5. The van der Waals surface area contributed by atoms with Crippen LogP contribution in [-0.4, -0.2) is 33.6 Å². The summed E-state index contributed by atoms with van der Waals surface area (Å²) in [7, 11) is 0. The molecule has 0 atom stereocenters. The van der Waals surface area contributed by atoms with Gasteiger partial charge in [0, 0.05) is 5.56 Å². The number of thioether (sulfide) groups is 1. The second-order valence-corrected chi connectivity index (χ2v) is 8.76. The number of rotatable bonds is 5. The van der Waals surface area contributed by atoms with Crippen molar-refractivity contribution in [1.82, 2.24) is 9.55 Å². The molecule has 0 bridgehead atoms. The Morgan fingerprint density at radius 3 is 2.79 bits per heavy atom. The van der Waals surface area contributed by atoms with Gasteiger partial charge in [-0.05, 0) is 48.5 Å². The lowest BCUT2D eigenvalue weighted by atomic mass is 10.1. The Labute approximate surface area is 201 Å². The molecule has 5 rings (SSSR count). The van der Waals surface area contributed by atoms with Crippen molar-refractivity contribution in [3.8, 4) is 11.4 Å². The molecule has 7 nitrogen and oxygen atoms in total. The van der Waals surface area contributed by atoms with Crippen molar-refractivity contribution in [2.75, 3.05) is 17.7 Å². The summed E-state index contributed by atoms with van der Waals surface area (Å²) in [5.74, 6) is -0.692. The third kappa shape index (κ3) is 4.15. The highest BCUT2D eigenvalue weighted by Crippen LogP contribution is 2.30. The van der Waals surface area contributed by atoms with Gasteiger partial charge in [0.05, 0.1) is 33.1 Å². The van der Waals surface area contributed by atoms with Gasteiger partial charge in [0.15, 0.2) is 17.5 Å². The minimum absolute atomic E-state index is 0.0344. The highest BCUT2D eigenvalue weighted by atomic mass is 35.5. The molecule has 4 aromatic rings. The molecule has 1 aromatic heterocycles. The molecule has 1 N–H and O–H groups in total. The molecule has 1 aliphatic heterocycles. The van der Waals surface area contributed by atoms with Crippen LogP contribution in [0.1, 0.15) is 10.4 Å². The molecule has 0 unspecified atom stereocenters. The van der Waals surface area contributed by atoms with Crippen LogP contribution in [0.15, 0.2) is 70.6 Å². The van der Waals surface area contributed by atoms with E-state index in [0.29, 0.717) is 33.6 Å². The van der Waals surface area contributed by atoms with Gasteiger partial charge in [0.25, 0.3) is 11.5 Å². The van der Waals surface area contributed by atoms with Crippen LogP contribution in [0.25, 0.3) is 16.6 Å². The Hall–Kier alpha value is -3.69. The number of aromatic nitrogens is 2. The number of nitrogens with zero attached hydrogens (tertiary/aromatic N) is 2. The smallest absolute Gasteiger partial charge is 0.266 e. The number of nitrogens with one attached hydrogen (secondary N) is 1.